The molecule has 0 saturated heterocycles. The molecule has 0 aliphatic rings. The summed E-state index contributed by atoms with van der Waals surface area (Å²) in [7, 11) is 0. The fourth-order valence-corrected chi connectivity index (χ4v) is 2.23. The van der Waals surface area contributed by atoms with Crippen LogP contribution in [0.25, 0.3) is 0 Å². The summed E-state index contributed by atoms with van der Waals surface area (Å²) in [6.45, 7) is 6.99. The summed E-state index contributed by atoms with van der Waals surface area (Å²) in [6.07, 6.45) is 2.12. The van der Waals surface area contributed by atoms with Crippen LogP contribution in [-0.2, 0) is 11.2 Å². The van der Waals surface area contributed by atoms with Crippen molar-refractivity contribution in [3.05, 3.63) is 35.4 Å². The summed E-state index contributed by atoms with van der Waals surface area (Å²) < 4.78 is 0. The third kappa shape index (κ3) is 6.27. The Morgan fingerprint density at radius 1 is 1.05 bits per heavy atom. The zero-order chi connectivity index (χ0) is 15.7. The quantitative estimate of drug-likeness (QED) is 0.729. The maximum atomic E-state index is 12.4. The zero-order valence-corrected chi connectivity index (χ0v) is 13.3. The van der Waals surface area contributed by atoms with Crippen molar-refractivity contribution < 1.29 is 4.79 Å². The molecule has 0 bridgehead atoms. The number of hydrogen-bond donors (Lipinski definition) is 2. The SMILES string of the molecule is CC(C)c1ccc(CC(=O)N(CCCN)CCCN)cc1. The predicted molar refractivity (Wildman–Crippen MR) is 88.2 cm³/mol. The maximum absolute atomic E-state index is 12.4. The van der Waals surface area contributed by atoms with Gasteiger partial charge in [0.2, 0.25) is 5.91 Å². The van der Waals surface area contributed by atoms with Crippen LogP contribution in [0.15, 0.2) is 24.3 Å². The Hall–Kier alpha value is -1.39. The van der Waals surface area contributed by atoms with E-state index in [1.165, 1.54) is 5.56 Å². The van der Waals surface area contributed by atoms with Gasteiger partial charge in [-0.1, -0.05) is 38.1 Å². The molecule has 0 heterocycles. The number of rotatable bonds is 9. The minimum atomic E-state index is 0.161. The highest BCUT2D eigenvalue weighted by molar-refractivity contribution is 5.78. The van der Waals surface area contributed by atoms with Gasteiger partial charge in [0.15, 0.2) is 0 Å². The van der Waals surface area contributed by atoms with Crippen molar-refractivity contribution in [3.63, 3.8) is 0 Å². The normalized spacial score (nSPS) is 10.9. The Labute approximate surface area is 128 Å². The van der Waals surface area contributed by atoms with Crippen molar-refractivity contribution in [2.45, 2.75) is 39.0 Å². The van der Waals surface area contributed by atoms with Gasteiger partial charge in [0.1, 0.15) is 0 Å². The van der Waals surface area contributed by atoms with E-state index in [2.05, 4.69) is 38.1 Å². The van der Waals surface area contributed by atoms with E-state index < -0.39 is 0 Å². The first kappa shape index (κ1) is 17.7. The molecule has 1 amide bonds. The number of hydrogen-bond acceptors (Lipinski definition) is 3. The van der Waals surface area contributed by atoms with E-state index >= 15 is 0 Å². The molecule has 0 fully saturated rings. The standard InChI is InChI=1S/C17H29N3O/c1-14(2)16-7-5-15(6-8-16)13-17(21)20(11-3-9-18)12-4-10-19/h5-8,14H,3-4,9-13,18-19H2,1-2H3. The molecule has 118 valence electrons. The van der Waals surface area contributed by atoms with E-state index in [0.29, 0.717) is 25.4 Å². The number of nitrogens with zero attached hydrogens (tertiary/aromatic N) is 1. The molecule has 0 radical (unpaired) electrons. The number of benzene rings is 1. The largest absolute Gasteiger partial charge is 0.342 e. The molecule has 0 saturated carbocycles. The molecule has 0 aliphatic heterocycles. The van der Waals surface area contributed by atoms with Gasteiger partial charge in [-0.15, -0.1) is 0 Å². The monoisotopic (exact) mass is 291 g/mol. The van der Waals surface area contributed by atoms with Gasteiger partial charge < -0.3 is 16.4 Å². The molecule has 21 heavy (non-hydrogen) atoms. The van der Waals surface area contributed by atoms with E-state index in [9.17, 15) is 4.79 Å². The molecule has 0 aliphatic carbocycles. The highest BCUT2D eigenvalue weighted by Crippen LogP contribution is 2.15. The lowest BCUT2D eigenvalue weighted by atomic mass is 10.0. The van der Waals surface area contributed by atoms with Gasteiger partial charge in [-0.25, -0.2) is 0 Å². The smallest absolute Gasteiger partial charge is 0.226 e. The first-order valence-electron chi connectivity index (χ1n) is 7.85. The summed E-state index contributed by atoms with van der Waals surface area (Å²) in [4.78, 5) is 14.3. The van der Waals surface area contributed by atoms with Crippen molar-refractivity contribution in [1.29, 1.82) is 0 Å². The van der Waals surface area contributed by atoms with E-state index in [1.54, 1.807) is 0 Å². The molecule has 4 nitrogen and oxygen atoms in total. The summed E-state index contributed by atoms with van der Waals surface area (Å²) in [5.74, 6) is 0.676. The second kappa shape index (κ2) is 9.53. The van der Waals surface area contributed by atoms with Crippen LogP contribution in [0.1, 0.15) is 43.7 Å². The van der Waals surface area contributed by atoms with Crippen LogP contribution < -0.4 is 11.5 Å². The average molecular weight is 291 g/mol. The summed E-state index contributed by atoms with van der Waals surface area (Å²) >= 11 is 0. The lowest BCUT2D eigenvalue weighted by Gasteiger charge is -2.22. The highest BCUT2D eigenvalue weighted by Gasteiger charge is 2.13. The van der Waals surface area contributed by atoms with Crippen LogP contribution in [0.5, 0.6) is 0 Å². The van der Waals surface area contributed by atoms with Crippen LogP contribution >= 0.6 is 0 Å². The lowest BCUT2D eigenvalue weighted by molar-refractivity contribution is -0.130. The first-order chi connectivity index (χ1) is 10.1. The molecule has 1 rings (SSSR count). The van der Waals surface area contributed by atoms with Crippen molar-refractivity contribution in [1.82, 2.24) is 4.90 Å². The molecular weight excluding hydrogens is 262 g/mol. The third-order valence-corrected chi connectivity index (χ3v) is 3.62. The molecule has 1 aromatic rings. The van der Waals surface area contributed by atoms with Crippen LogP contribution in [0.4, 0.5) is 0 Å². The van der Waals surface area contributed by atoms with Gasteiger partial charge >= 0.3 is 0 Å². The fourth-order valence-electron chi connectivity index (χ4n) is 2.23. The Morgan fingerprint density at radius 3 is 2.00 bits per heavy atom. The van der Waals surface area contributed by atoms with E-state index in [1.807, 2.05) is 4.90 Å². The summed E-state index contributed by atoms with van der Waals surface area (Å²) in [6, 6.07) is 8.32. The summed E-state index contributed by atoms with van der Waals surface area (Å²) in [5, 5.41) is 0. The van der Waals surface area contributed by atoms with Crippen molar-refractivity contribution in [2.75, 3.05) is 26.2 Å². The fraction of sp³-hybridized carbons (Fsp3) is 0.588. The Kier molecular flexibility index (Phi) is 8.01. The minimum Gasteiger partial charge on any atom is -0.342 e. The first-order valence-corrected chi connectivity index (χ1v) is 7.85. The second-order valence-corrected chi connectivity index (χ2v) is 5.74. The third-order valence-electron chi connectivity index (χ3n) is 3.62. The number of amides is 1. The van der Waals surface area contributed by atoms with Crippen LogP contribution in [0.3, 0.4) is 0 Å². The molecule has 0 spiro atoms. The number of carbonyl (C=O) groups excluding carboxylic acids is 1. The van der Waals surface area contributed by atoms with Gasteiger partial charge in [0.05, 0.1) is 6.42 Å². The average Bonchev–Trinajstić information content (AvgIpc) is 2.47. The van der Waals surface area contributed by atoms with E-state index in [4.69, 9.17) is 11.5 Å². The van der Waals surface area contributed by atoms with Gasteiger partial charge in [-0.3, -0.25) is 4.79 Å². The van der Waals surface area contributed by atoms with Gasteiger partial charge in [-0.05, 0) is 43.0 Å². The van der Waals surface area contributed by atoms with E-state index in [-0.39, 0.29) is 5.91 Å². The predicted octanol–water partition coefficient (Wildman–Crippen LogP) is 1.88. The van der Waals surface area contributed by atoms with E-state index in [0.717, 1.165) is 31.5 Å². The van der Waals surface area contributed by atoms with Crippen molar-refractivity contribution >= 4 is 5.91 Å². The Bertz CT molecular complexity index is 407. The maximum Gasteiger partial charge on any atom is 0.226 e. The second-order valence-electron chi connectivity index (χ2n) is 5.74. The molecule has 4 N–H and O–H groups in total. The molecule has 0 aromatic heterocycles. The van der Waals surface area contributed by atoms with Crippen molar-refractivity contribution in [2.24, 2.45) is 11.5 Å². The molecule has 0 unspecified atom stereocenters. The number of carbonyl (C=O) groups is 1. The van der Waals surface area contributed by atoms with Crippen LogP contribution in [0, 0.1) is 0 Å². The van der Waals surface area contributed by atoms with Crippen molar-refractivity contribution in [3.8, 4) is 0 Å². The Balaban J connectivity index is 2.62. The highest BCUT2D eigenvalue weighted by atomic mass is 16.2. The topological polar surface area (TPSA) is 72.3 Å². The lowest BCUT2D eigenvalue weighted by Crippen LogP contribution is -2.35. The molecule has 4 heteroatoms. The molecular formula is C17H29N3O. The summed E-state index contributed by atoms with van der Waals surface area (Å²) in [5.41, 5.74) is 13.4. The molecule has 1 aromatic carbocycles. The van der Waals surface area contributed by atoms with Gasteiger partial charge in [-0.2, -0.15) is 0 Å². The van der Waals surface area contributed by atoms with Crippen LogP contribution in [-0.4, -0.2) is 37.0 Å². The van der Waals surface area contributed by atoms with Gasteiger partial charge in [0.25, 0.3) is 0 Å². The number of nitrogens with two attached hydrogens (primary N) is 2. The zero-order valence-electron chi connectivity index (χ0n) is 13.3. The Morgan fingerprint density at radius 2 is 1.57 bits per heavy atom. The van der Waals surface area contributed by atoms with Gasteiger partial charge in [0, 0.05) is 13.1 Å². The molecule has 0 atom stereocenters. The minimum absolute atomic E-state index is 0.161. The van der Waals surface area contributed by atoms with Crippen LogP contribution in [0.2, 0.25) is 0 Å².